The van der Waals surface area contributed by atoms with Gasteiger partial charge in [-0.3, -0.25) is 4.79 Å². The molecule has 3 heteroatoms. The second kappa shape index (κ2) is 6.45. The molecule has 0 fully saturated rings. The maximum absolute atomic E-state index is 12.6. The molecule has 0 saturated carbocycles. The fourth-order valence-electron chi connectivity index (χ4n) is 3.19. The van der Waals surface area contributed by atoms with E-state index in [0.29, 0.717) is 19.1 Å². The van der Waals surface area contributed by atoms with Crippen LogP contribution in [0.1, 0.15) is 23.6 Å². The van der Waals surface area contributed by atoms with Gasteiger partial charge in [-0.05, 0) is 37.5 Å². The van der Waals surface area contributed by atoms with Crippen LogP contribution in [0.5, 0.6) is 0 Å². The van der Waals surface area contributed by atoms with Gasteiger partial charge in [0.2, 0.25) is 5.91 Å². The number of amides is 1. The Balaban J connectivity index is 1.66. The molecule has 120 valence electrons. The van der Waals surface area contributed by atoms with E-state index < -0.39 is 0 Å². The van der Waals surface area contributed by atoms with Crippen LogP contribution >= 0.6 is 0 Å². The Morgan fingerprint density at radius 3 is 2.61 bits per heavy atom. The van der Waals surface area contributed by atoms with Crippen LogP contribution in [0.2, 0.25) is 0 Å². The first kappa shape index (κ1) is 15.6. The van der Waals surface area contributed by atoms with Crippen molar-refractivity contribution in [3.8, 4) is 0 Å². The highest BCUT2D eigenvalue weighted by Crippen LogP contribution is 2.31. The fourth-order valence-corrected chi connectivity index (χ4v) is 3.19. The van der Waals surface area contributed by atoms with E-state index >= 15 is 0 Å². The van der Waals surface area contributed by atoms with E-state index in [-0.39, 0.29) is 5.91 Å². The number of para-hydroxylation sites is 1. The zero-order valence-corrected chi connectivity index (χ0v) is 14.1. The number of likely N-dealkylation sites (N-methyl/N-ethyl adjacent to an activating group) is 1. The lowest BCUT2D eigenvalue weighted by atomic mass is 10.1. The van der Waals surface area contributed by atoms with Crippen LogP contribution in [0, 0.1) is 6.92 Å². The second-order valence-electron chi connectivity index (χ2n) is 6.55. The third-order valence-corrected chi connectivity index (χ3v) is 4.62. The van der Waals surface area contributed by atoms with Gasteiger partial charge in [0.25, 0.3) is 0 Å². The summed E-state index contributed by atoms with van der Waals surface area (Å²) < 4.78 is 0. The number of anilines is 1. The van der Waals surface area contributed by atoms with Crippen molar-refractivity contribution < 1.29 is 4.79 Å². The number of carbonyl (C=O) groups is 1. The highest BCUT2D eigenvalue weighted by Gasteiger charge is 2.27. The molecule has 1 aliphatic rings. The molecule has 2 aromatic rings. The Morgan fingerprint density at radius 1 is 1.17 bits per heavy atom. The van der Waals surface area contributed by atoms with Gasteiger partial charge in [-0.2, -0.15) is 0 Å². The molecular formula is C20H24N2O. The number of hydrogen-bond donors (Lipinski definition) is 0. The molecule has 3 rings (SSSR count). The monoisotopic (exact) mass is 308 g/mol. The molecule has 3 nitrogen and oxygen atoms in total. The maximum atomic E-state index is 12.6. The van der Waals surface area contributed by atoms with Gasteiger partial charge in [-0.25, -0.2) is 0 Å². The first-order valence-corrected chi connectivity index (χ1v) is 8.18. The van der Waals surface area contributed by atoms with Gasteiger partial charge in [0.1, 0.15) is 0 Å². The average molecular weight is 308 g/mol. The first-order chi connectivity index (χ1) is 11.0. The Bertz CT molecular complexity index is 693. The van der Waals surface area contributed by atoms with Crippen molar-refractivity contribution in [3.05, 3.63) is 65.2 Å². The number of nitrogens with zero attached hydrogens (tertiary/aromatic N) is 2. The number of hydrogen-bond acceptors (Lipinski definition) is 2. The van der Waals surface area contributed by atoms with Crippen LogP contribution in [0.15, 0.2) is 48.5 Å². The molecule has 0 unspecified atom stereocenters. The summed E-state index contributed by atoms with van der Waals surface area (Å²) >= 11 is 0. The fraction of sp³-hybridized carbons (Fsp3) is 0.350. The number of rotatable bonds is 4. The lowest BCUT2D eigenvalue weighted by molar-refractivity contribution is -0.129. The molecule has 0 spiro atoms. The topological polar surface area (TPSA) is 23.6 Å². The minimum absolute atomic E-state index is 0.161. The molecule has 1 heterocycles. The van der Waals surface area contributed by atoms with E-state index in [2.05, 4.69) is 61.2 Å². The average Bonchev–Trinajstić information content (AvgIpc) is 2.85. The van der Waals surface area contributed by atoms with Crippen molar-refractivity contribution in [2.45, 2.75) is 32.9 Å². The Morgan fingerprint density at radius 2 is 1.87 bits per heavy atom. The van der Waals surface area contributed by atoms with E-state index in [1.165, 1.54) is 22.4 Å². The van der Waals surface area contributed by atoms with Crippen molar-refractivity contribution in [3.63, 3.8) is 0 Å². The standard InChI is InChI=1S/C20H24N2O/c1-15-8-10-17(11-9-15)13-21(3)20(23)14-22-16(2)12-18-6-4-5-7-19(18)22/h4-11,16H,12-14H2,1-3H3/t16-/m0/s1. The SMILES string of the molecule is Cc1ccc(CN(C)C(=O)CN2c3ccccc3C[C@@H]2C)cc1. The smallest absolute Gasteiger partial charge is 0.242 e. The molecule has 0 radical (unpaired) electrons. The maximum Gasteiger partial charge on any atom is 0.242 e. The summed E-state index contributed by atoms with van der Waals surface area (Å²) in [6.07, 6.45) is 1.02. The summed E-state index contributed by atoms with van der Waals surface area (Å²) in [5, 5.41) is 0. The molecule has 0 aromatic heterocycles. The summed E-state index contributed by atoms with van der Waals surface area (Å²) in [7, 11) is 1.88. The van der Waals surface area contributed by atoms with Crippen molar-refractivity contribution >= 4 is 11.6 Å². The molecule has 1 aliphatic heterocycles. The van der Waals surface area contributed by atoms with E-state index in [4.69, 9.17) is 0 Å². The van der Waals surface area contributed by atoms with E-state index in [0.717, 1.165) is 6.42 Å². The van der Waals surface area contributed by atoms with Gasteiger partial charge in [-0.15, -0.1) is 0 Å². The van der Waals surface area contributed by atoms with Crippen molar-refractivity contribution in [2.24, 2.45) is 0 Å². The zero-order chi connectivity index (χ0) is 16.4. The summed E-state index contributed by atoms with van der Waals surface area (Å²) in [6.45, 7) is 5.36. The minimum Gasteiger partial charge on any atom is -0.359 e. The van der Waals surface area contributed by atoms with Gasteiger partial charge in [0, 0.05) is 25.3 Å². The van der Waals surface area contributed by atoms with Crippen LogP contribution in [-0.4, -0.2) is 30.4 Å². The van der Waals surface area contributed by atoms with Crippen LogP contribution < -0.4 is 4.90 Å². The third kappa shape index (κ3) is 3.39. The second-order valence-corrected chi connectivity index (χ2v) is 6.55. The molecule has 0 N–H and O–H groups in total. The highest BCUT2D eigenvalue weighted by molar-refractivity contribution is 5.82. The largest absolute Gasteiger partial charge is 0.359 e. The minimum atomic E-state index is 0.161. The predicted molar refractivity (Wildman–Crippen MR) is 94.6 cm³/mol. The van der Waals surface area contributed by atoms with E-state index in [9.17, 15) is 4.79 Å². The van der Waals surface area contributed by atoms with Crippen molar-refractivity contribution in [1.82, 2.24) is 4.90 Å². The normalized spacial score (nSPS) is 16.3. The first-order valence-electron chi connectivity index (χ1n) is 8.18. The van der Waals surface area contributed by atoms with Crippen LogP contribution in [0.3, 0.4) is 0 Å². The number of benzene rings is 2. The lowest BCUT2D eigenvalue weighted by Gasteiger charge is -2.27. The highest BCUT2D eigenvalue weighted by atomic mass is 16.2. The van der Waals surface area contributed by atoms with Crippen molar-refractivity contribution in [2.75, 3.05) is 18.5 Å². The van der Waals surface area contributed by atoms with Crippen LogP contribution in [0.4, 0.5) is 5.69 Å². The molecule has 2 aromatic carbocycles. The van der Waals surface area contributed by atoms with Crippen LogP contribution in [0.25, 0.3) is 0 Å². The number of fused-ring (bicyclic) bond motifs is 1. The van der Waals surface area contributed by atoms with Gasteiger partial charge in [-0.1, -0.05) is 48.0 Å². The summed E-state index contributed by atoms with van der Waals surface area (Å²) in [5.74, 6) is 0.161. The zero-order valence-electron chi connectivity index (χ0n) is 14.1. The number of carbonyl (C=O) groups excluding carboxylic acids is 1. The molecule has 1 amide bonds. The number of aryl methyl sites for hydroxylation is 1. The molecule has 0 aliphatic carbocycles. The van der Waals surface area contributed by atoms with E-state index in [1.807, 2.05) is 18.0 Å². The molecule has 0 bridgehead atoms. The molecular weight excluding hydrogens is 284 g/mol. The Hall–Kier alpha value is -2.29. The lowest BCUT2D eigenvalue weighted by Crippen LogP contribution is -2.40. The third-order valence-electron chi connectivity index (χ3n) is 4.62. The predicted octanol–water partition coefficient (Wildman–Crippen LogP) is 3.40. The molecule has 23 heavy (non-hydrogen) atoms. The van der Waals surface area contributed by atoms with Gasteiger partial charge in [0.05, 0.1) is 6.54 Å². The quantitative estimate of drug-likeness (QED) is 0.864. The van der Waals surface area contributed by atoms with Crippen LogP contribution in [-0.2, 0) is 17.8 Å². The van der Waals surface area contributed by atoms with Gasteiger partial charge in [0.15, 0.2) is 0 Å². The van der Waals surface area contributed by atoms with E-state index in [1.54, 1.807) is 0 Å². The van der Waals surface area contributed by atoms with Crippen molar-refractivity contribution in [1.29, 1.82) is 0 Å². The van der Waals surface area contributed by atoms with Gasteiger partial charge >= 0.3 is 0 Å². The Kier molecular flexibility index (Phi) is 4.37. The van der Waals surface area contributed by atoms with Gasteiger partial charge < -0.3 is 9.80 Å². The molecule has 0 saturated heterocycles. The summed E-state index contributed by atoms with van der Waals surface area (Å²) in [6, 6.07) is 17.1. The summed E-state index contributed by atoms with van der Waals surface area (Å²) in [4.78, 5) is 16.7. The summed E-state index contributed by atoms with van der Waals surface area (Å²) in [5.41, 5.74) is 4.96. The molecule has 1 atom stereocenters. The Labute approximate surface area is 138 Å².